The third-order valence-electron chi connectivity index (χ3n) is 3.39. The van der Waals surface area contributed by atoms with Gasteiger partial charge in [-0.1, -0.05) is 24.3 Å². The van der Waals surface area contributed by atoms with Crippen LogP contribution in [0.2, 0.25) is 0 Å². The number of fused-ring (bicyclic) bond motifs is 1. The molecule has 0 bridgehead atoms. The Labute approximate surface area is 106 Å². The summed E-state index contributed by atoms with van der Waals surface area (Å²) in [5, 5.41) is 12.8. The second-order valence-electron chi connectivity index (χ2n) is 4.44. The van der Waals surface area contributed by atoms with Gasteiger partial charge in [-0.25, -0.2) is 0 Å². The Morgan fingerprint density at radius 1 is 1.17 bits per heavy atom. The van der Waals surface area contributed by atoms with E-state index < -0.39 is 0 Å². The highest BCUT2D eigenvalue weighted by Gasteiger charge is 2.26. The Hall–Kier alpha value is -2.00. The molecule has 3 rings (SSSR count). The Balaban J connectivity index is 2.06. The van der Waals surface area contributed by atoms with Crippen LogP contribution in [0.3, 0.4) is 0 Å². The molecule has 0 aromatic heterocycles. The number of nitrogens with one attached hydrogen (secondary N) is 1. The fourth-order valence-electron chi connectivity index (χ4n) is 2.51. The van der Waals surface area contributed by atoms with Gasteiger partial charge in [0.2, 0.25) is 0 Å². The lowest BCUT2D eigenvalue weighted by atomic mass is 9.97. The summed E-state index contributed by atoms with van der Waals surface area (Å²) in [5.74, 6) is 1.20. The zero-order valence-corrected chi connectivity index (χ0v) is 10.2. The van der Waals surface area contributed by atoms with E-state index in [-0.39, 0.29) is 11.8 Å². The van der Waals surface area contributed by atoms with Crippen LogP contribution in [0, 0.1) is 0 Å². The summed E-state index contributed by atoms with van der Waals surface area (Å²) in [5.41, 5.74) is 3.61. The van der Waals surface area contributed by atoms with Crippen molar-refractivity contribution in [2.45, 2.75) is 12.6 Å². The first-order chi connectivity index (χ1) is 8.79. The van der Waals surface area contributed by atoms with Gasteiger partial charge in [-0.05, 0) is 29.3 Å². The van der Waals surface area contributed by atoms with E-state index >= 15 is 0 Å². The van der Waals surface area contributed by atoms with Crippen molar-refractivity contribution in [2.75, 3.05) is 7.11 Å². The lowest BCUT2D eigenvalue weighted by molar-refractivity contribution is 0.407. The maximum atomic E-state index is 9.35. The van der Waals surface area contributed by atoms with Crippen LogP contribution in [0.5, 0.6) is 11.5 Å². The molecule has 1 unspecified atom stereocenters. The van der Waals surface area contributed by atoms with E-state index in [1.807, 2.05) is 24.3 Å². The predicted molar refractivity (Wildman–Crippen MR) is 69.8 cm³/mol. The molecular weight excluding hydrogens is 226 g/mol. The van der Waals surface area contributed by atoms with Gasteiger partial charge in [-0.15, -0.1) is 0 Å². The second kappa shape index (κ2) is 4.35. The van der Waals surface area contributed by atoms with Gasteiger partial charge in [0.25, 0.3) is 0 Å². The van der Waals surface area contributed by atoms with Gasteiger partial charge in [0, 0.05) is 12.1 Å². The molecule has 1 aliphatic rings. The van der Waals surface area contributed by atoms with Gasteiger partial charge in [-0.2, -0.15) is 0 Å². The second-order valence-corrected chi connectivity index (χ2v) is 4.44. The number of aromatic hydroxyl groups is 1. The van der Waals surface area contributed by atoms with Gasteiger partial charge < -0.3 is 15.2 Å². The zero-order chi connectivity index (χ0) is 12.5. The van der Waals surface area contributed by atoms with Crippen LogP contribution in [0.25, 0.3) is 0 Å². The Bertz CT molecular complexity index is 563. The van der Waals surface area contributed by atoms with Crippen molar-refractivity contribution in [2.24, 2.45) is 0 Å². The molecule has 1 atom stereocenters. The van der Waals surface area contributed by atoms with E-state index in [1.54, 1.807) is 19.2 Å². The van der Waals surface area contributed by atoms with Gasteiger partial charge in [0.1, 0.15) is 11.5 Å². The first-order valence-electron chi connectivity index (χ1n) is 5.97. The number of methoxy groups -OCH3 is 1. The van der Waals surface area contributed by atoms with Crippen LogP contribution in [0.15, 0.2) is 42.5 Å². The molecule has 0 saturated carbocycles. The topological polar surface area (TPSA) is 41.5 Å². The smallest absolute Gasteiger partial charge is 0.124 e. The lowest BCUT2D eigenvalue weighted by Crippen LogP contribution is -2.13. The van der Waals surface area contributed by atoms with Crippen LogP contribution >= 0.6 is 0 Å². The molecule has 2 N–H and O–H groups in total. The van der Waals surface area contributed by atoms with Crippen LogP contribution in [-0.4, -0.2) is 12.2 Å². The number of phenols is 1. The molecule has 0 aliphatic carbocycles. The van der Waals surface area contributed by atoms with E-state index in [2.05, 4.69) is 11.4 Å². The average Bonchev–Trinajstić information content (AvgIpc) is 2.83. The minimum atomic E-state index is 0.136. The summed E-state index contributed by atoms with van der Waals surface area (Å²) in [4.78, 5) is 0. The quantitative estimate of drug-likeness (QED) is 0.849. The van der Waals surface area contributed by atoms with E-state index in [0.717, 1.165) is 17.9 Å². The van der Waals surface area contributed by atoms with Crippen molar-refractivity contribution in [1.29, 1.82) is 0 Å². The molecule has 1 aliphatic heterocycles. The van der Waals surface area contributed by atoms with Gasteiger partial charge in [0.15, 0.2) is 0 Å². The van der Waals surface area contributed by atoms with Crippen LogP contribution < -0.4 is 10.1 Å². The average molecular weight is 241 g/mol. The van der Waals surface area contributed by atoms with Crippen molar-refractivity contribution in [3.63, 3.8) is 0 Å². The number of ether oxygens (including phenoxy) is 1. The molecule has 3 heteroatoms. The molecular formula is C15H15NO2. The Morgan fingerprint density at radius 3 is 2.67 bits per heavy atom. The van der Waals surface area contributed by atoms with Crippen LogP contribution in [-0.2, 0) is 6.54 Å². The highest BCUT2D eigenvalue weighted by Crippen LogP contribution is 2.37. The van der Waals surface area contributed by atoms with E-state index in [0.29, 0.717) is 0 Å². The predicted octanol–water partition coefficient (Wildman–Crippen LogP) is 2.59. The Kier molecular flexibility index (Phi) is 2.68. The molecule has 2 aromatic carbocycles. The van der Waals surface area contributed by atoms with Crippen LogP contribution in [0.1, 0.15) is 22.7 Å². The monoisotopic (exact) mass is 241 g/mol. The highest BCUT2D eigenvalue weighted by molar-refractivity contribution is 5.50. The summed E-state index contributed by atoms with van der Waals surface area (Å²) in [6.07, 6.45) is 0. The van der Waals surface area contributed by atoms with Crippen molar-refractivity contribution in [1.82, 2.24) is 5.32 Å². The van der Waals surface area contributed by atoms with Crippen molar-refractivity contribution in [3.8, 4) is 11.5 Å². The largest absolute Gasteiger partial charge is 0.508 e. The normalized spacial score (nSPS) is 17.5. The van der Waals surface area contributed by atoms with Gasteiger partial charge >= 0.3 is 0 Å². The first kappa shape index (κ1) is 11.1. The highest BCUT2D eigenvalue weighted by atomic mass is 16.5. The van der Waals surface area contributed by atoms with E-state index in [1.165, 1.54) is 11.1 Å². The molecule has 92 valence electrons. The number of rotatable bonds is 2. The van der Waals surface area contributed by atoms with Gasteiger partial charge in [-0.3, -0.25) is 0 Å². The standard InChI is InChI=1S/C15H15NO2/c1-18-13-4-2-3-11-9-16-15(14(11)13)10-5-7-12(17)8-6-10/h2-8,15-17H,9H2,1H3. The first-order valence-corrected chi connectivity index (χ1v) is 5.97. The fraction of sp³-hybridized carbons (Fsp3) is 0.200. The molecule has 2 aromatic rings. The van der Waals surface area contributed by atoms with Crippen LogP contribution in [0.4, 0.5) is 0 Å². The van der Waals surface area contributed by atoms with Crippen molar-refractivity contribution < 1.29 is 9.84 Å². The molecule has 3 nitrogen and oxygen atoms in total. The molecule has 0 radical (unpaired) electrons. The van der Waals surface area contributed by atoms with Crippen molar-refractivity contribution in [3.05, 3.63) is 59.2 Å². The minimum Gasteiger partial charge on any atom is -0.508 e. The molecule has 0 amide bonds. The van der Waals surface area contributed by atoms with Crippen molar-refractivity contribution >= 4 is 0 Å². The SMILES string of the molecule is COc1cccc2c1C(c1ccc(O)cc1)NC2. The summed E-state index contributed by atoms with van der Waals surface area (Å²) in [6.45, 7) is 0.845. The van der Waals surface area contributed by atoms with E-state index in [9.17, 15) is 5.11 Å². The third-order valence-corrected chi connectivity index (χ3v) is 3.39. The van der Waals surface area contributed by atoms with Gasteiger partial charge in [0.05, 0.1) is 13.2 Å². The molecule has 0 fully saturated rings. The Morgan fingerprint density at radius 2 is 1.94 bits per heavy atom. The lowest BCUT2D eigenvalue weighted by Gasteiger charge is -2.15. The maximum absolute atomic E-state index is 9.35. The number of hydrogen-bond acceptors (Lipinski definition) is 3. The third kappa shape index (κ3) is 1.73. The number of phenolic OH excluding ortho intramolecular Hbond substituents is 1. The molecule has 0 spiro atoms. The maximum Gasteiger partial charge on any atom is 0.124 e. The summed E-state index contributed by atoms with van der Waals surface area (Å²) in [7, 11) is 1.70. The summed E-state index contributed by atoms with van der Waals surface area (Å²) < 4.78 is 5.44. The number of hydrogen-bond donors (Lipinski definition) is 2. The minimum absolute atomic E-state index is 0.136. The van der Waals surface area contributed by atoms with E-state index in [4.69, 9.17) is 4.74 Å². The summed E-state index contributed by atoms with van der Waals surface area (Å²) in [6, 6.07) is 13.6. The fourth-order valence-corrected chi connectivity index (χ4v) is 2.51. The molecule has 18 heavy (non-hydrogen) atoms. The molecule has 1 heterocycles. The zero-order valence-electron chi connectivity index (χ0n) is 10.2. The number of benzene rings is 2. The summed E-state index contributed by atoms with van der Waals surface area (Å²) >= 11 is 0. The molecule has 0 saturated heterocycles.